The molecule has 3 aromatic carbocycles. The third-order valence-electron chi connectivity index (χ3n) is 5.22. The summed E-state index contributed by atoms with van der Waals surface area (Å²) in [6, 6.07) is 20.4. The molecule has 36 heavy (non-hydrogen) atoms. The summed E-state index contributed by atoms with van der Waals surface area (Å²) >= 11 is 7.25. The highest BCUT2D eigenvalue weighted by Crippen LogP contribution is 2.36. The summed E-state index contributed by atoms with van der Waals surface area (Å²) in [5, 5.41) is 31.4. The molecule has 0 aliphatic rings. The highest BCUT2D eigenvalue weighted by molar-refractivity contribution is 7.99. The number of hydrogen-bond donors (Lipinski definition) is 0. The van der Waals surface area contributed by atoms with E-state index >= 15 is 0 Å². The Bertz CT molecular complexity index is 1380. The van der Waals surface area contributed by atoms with Crippen molar-refractivity contribution >= 4 is 29.1 Å². The smallest absolute Gasteiger partial charge is 0.269 e. The summed E-state index contributed by atoms with van der Waals surface area (Å²) in [5.41, 5.74) is 2.18. The fourth-order valence-corrected chi connectivity index (χ4v) is 4.79. The zero-order chi connectivity index (χ0) is 25.7. The molecule has 10 nitrogen and oxygen atoms in total. The maximum atomic E-state index is 11.4. The second-order valence-electron chi connectivity index (χ2n) is 7.75. The summed E-state index contributed by atoms with van der Waals surface area (Å²) < 4.78 is 7.57. The maximum Gasteiger partial charge on any atom is 0.269 e. The van der Waals surface area contributed by atoms with Crippen LogP contribution in [0, 0.1) is 27.2 Å². The van der Waals surface area contributed by atoms with Crippen molar-refractivity contribution in [2.75, 3.05) is 6.54 Å². The number of halogens is 1. The molecule has 1 heterocycles. The molecule has 0 saturated heterocycles. The van der Waals surface area contributed by atoms with Gasteiger partial charge in [0, 0.05) is 27.8 Å². The highest BCUT2D eigenvalue weighted by atomic mass is 35.5. The zero-order valence-electron chi connectivity index (χ0n) is 19.0. The number of ether oxygens (including phenoxy) is 1. The lowest BCUT2D eigenvalue weighted by Crippen LogP contribution is -2.11. The molecule has 1 atom stereocenters. The molecule has 0 unspecified atom stereocenters. The van der Waals surface area contributed by atoms with Crippen molar-refractivity contribution in [3.63, 3.8) is 0 Å². The number of nitro groups is 2. The molecule has 0 spiro atoms. The Kier molecular flexibility index (Phi) is 7.81. The van der Waals surface area contributed by atoms with Crippen LogP contribution in [0.15, 0.2) is 78.0 Å². The van der Waals surface area contributed by atoms with Crippen LogP contribution in [0.2, 0.25) is 5.02 Å². The monoisotopic (exact) mass is 525 g/mol. The van der Waals surface area contributed by atoms with Crippen molar-refractivity contribution < 1.29 is 14.6 Å². The summed E-state index contributed by atoms with van der Waals surface area (Å²) in [7, 11) is 0. The van der Waals surface area contributed by atoms with Crippen LogP contribution in [-0.4, -0.2) is 31.2 Å². The van der Waals surface area contributed by atoms with Crippen LogP contribution in [0.1, 0.15) is 22.2 Å². The zero-order valence-corrected chi connectivity index (χ0v) is 20.6. The van der Waals surface area contributed by atoms with Gasteiger partial charge in [-0.1, -0.05) is 47.6 Å². The van der Waals surface area contributed by atoms with Crippen LogP contribution in [-0.2, 0) is 6.61 Å². The van der Waals surface area contributed by atoms with Crippen LogP contribution in [0.3, 0.4) is 0 Å². The topological polar surface area (TPSA) is 126 Å². The predicted molar refractivity (Wildman–Crippen MR) is 135 cm³/mol. The molecule has 0 bridgehead atoms. The summed E-state index contributed by atoms with van der Waals surface area (Å²) in [6.45, 7) is 1.64. The van der Waals surface area contributed by atoms with Gasteiger partial charge in [0.2, 0.25) is 6.54 Å². The van der Waals surface area contributed by atoms with E-state index in [0.29, 0.717) is 27.3 Å². The van der Waals surface area contributed by atoms with Crippen LogP contribution >= 0.6 is 23.4 Å². The number of rotatable bonds is 10. The molecule has 0 N–H and O–H groups in total. The number of hydrogen-bond acceptors (Lipinski definition) is 8. The fourth-order valence-electron chi connectivity index (χ4n) is 3.49. The van der Waals surface area contributed by atoms with E-state index in [0.717, 1.165) is 11.3 Å². The minimum absolute atomic E-state index is 0.00668. The van der Waals surface area contributed by atoms with Crippen LogP contribution in [0.25, 0.3) is 5.69 Å². The third-order valence-corrected chi connectivity index (χ3v) is 6.65. The van der Waals surface area contributed by atoms with Gasteiger partial charge in [0.25, 0.3) is 5.69 Å². The van der Waals surface area contributed by atoms with E-state index in [1.165, 1.54) is 23.9 Å². The molecule has 0 amide bonds. The number of nitro benzene ring substituents is 1. The standard InChI is InChI=1S/C24H20ClN5O5S/c1-16-26-27-24(29(16)20-9-7-19(25)8-10-20)36-23(14-28(31)32)18-5-11-22(12-6-18)35-15-17-3-2-4-21(13-17)30(33)34/h2-13,23H,14-15H2,1H3/t23-/m1/s1. The molecule has 0 radical (unpaired) electrons. The Morgan fingerprint density at radius 3 is 2.42 bits per heavy atom. The number of thioether (sulfide) groups is 1. The van der Waals surface area contributed by atoms with Gasteiger partial charge >= 0.3 is 0 Å². The van der Waals surface area contributed by atoms with Crippen LogP contribution < -0.4 is 4.74 Å². The highest BCUT2D eigenvalue weighted by Gasteiger charge is 2.24. The van der Waals surface area contributed by atoms with Gasteiger partial charge in [-0.05, 0) is 54.4 Å². The van der Waals surface area contributed by atoms with E-state index in [-0.39, 0.29) is 23.8 Å². The van der Waals surface area contributed by atoms with Crippen LogP contribution in [0.4, 0.5) is 5.69 Å². The van der Waals surface area contributed by atoms with E-state index in [1.807, 2.05) is 23.6 Å². The minimum atomic E-state index is -0.527. The first-order valence-electron chi connectivity index (χ1n) is 10.7. The van der Waals surface area contributed by atoms with Gasteiger partial charge in [0.05, 0.1) is 4.92 Å². The summed E-state index contributed by atoms with van der Waals surface area (Å²) in [5.74, 6) is 1.18. The SMILES string of the molecule is Cc1nnc(S[C@H](C[N+](=O)[O-])c2ccc(OCc3cccc([N+](=O)[O-])c3)cc2)n1-c1ccc(Cl)cc1. The first kappa shape index (κ1) is 25.1. The largest absolute Gasteiger partial charge is 0.489 e. The van der Waals surface area contributed by atoms with E-state index in [2.05, 4.69) is 10.2 Å². The fraction of sp³-hybridized carbons (Fsp3) is 0.167. The van der Waals surface area contributed by atoms with Crippen molar-refractivity contribution in [1.82, 2.24) is 14.8 Å². The Morgan fingerprint density at radius 2 is 1.75 bits per heavy atom. The Labute approximate surface area is 215 Å². The van der Waals surface area contributed by atoms with Gasteiger partial charge in [-0.15, -0.1) is 10.2 Å². The lowest BCUT2D eigenvalue weighted by atomic mass is 10.1. The molecule has 4 aromatic rings. The third kappa shape index (κ3) is 6.18. The number of benzene rings is 3. The molecular formula is C24H20ClN5O5S. The maximum absolute atomic E-state index is 11.4. The van der Waals surface area contributed by atoms with Gasteiger partial charge in [-0.3, -0.25) is 24.8 Å². The lowest BCUT2D eigenvalue weighted by molar-refractivity contribution is -0.479. The normalized spacial score (nSPS) is 11.7. The van der Waals surface area contributed by atoms with Crippen molar-refractivity contribution in [2.45, 2.75) is 23.9 Å². The second-order valence-corrected chi connectivity index (χ2v) is 9.35. The first-order chi connectivity index (χ1) is 17.3. The quantitative estimate of drug-likeness (QED) is 0.144. The predicted octanol–water partition coefficient (Wildman–Crippen LogP) is 5.83. The second kappa shape index (κ2) is 11.2. The average molecular weight is 526 g/mol. The lowest BCUT2D eigenvalue weighted by Gasteiger charge is -2.15. The minimum Gasteiger partial charge on any atom is -0.489 e. The molecule has 1 aromatic heterocycles. The van der Waals surface area contributed by atoms with Gasteiger partial charge in [-0.2, -0.15) is 0 Å². The Balaban J connectivity index is 1.51. The van der Waals surface area contributed by atoms with Gasteiger partial charge in [0.1, 0.15) is 23.4 Å². The average Bonchev–Trinajstić information content (AvgIpc) is 3.23. The Morgan fingerprint density at radius 1 is 1.03 bits per heavy atom. The number of aryl methyl sites for hydroxylation is 1. The van der Waals surface area contributed by atoms with E-state index in [1.54, 1.807) is 48.5 Å². The molecule has 4 rings (SSSR count). The number of nitrogens with zero attached hydrogens (tertiary/aromatic N) is 5. The van der Waals surface area contributed by atoms with Gasteiger partial charge < -0.3 is 4.74 Å². The summed E-state index contributed by atoms with van der Waals surface area (Å²) in [6.07, 6.45) is 0. The van der Waals surface area contributed by atoms with Crippen molar-refractivity contribution in [3.8, 4) is 11.4 Å². The number of non-ortho nitro benzene ring substituents is 1. The van der Waals surface area contributed by atoms with E-state index in [9.17, 15) is 20.2 Å². The van der Waals surface area contributed by atoms with Crippen molar-refractivity contribution in [1.29, 1.82) is 0 Å². The van der Waals surface area contributed by atoms with Gasteiger partial charge in [0.15, 0.2) is 5.16 Å². The van der Waals surface area contributed by atoms with Crippen molar-refractivity contribution in [3.05, 3.63) is 115 Å². The molecule has 0 saturated carbocycles. The Hall–Kier alpha value is -3.96. The molecule has 12 heteroatoms. The summed E-state index contributed by atoms with van der Waals surface area (Å²) in [4.78, 5) is 21.6. The molecule has 184 valence electrons. The van der Waals surface area contributed by atoms with Gasteiger partial charge in [-0.25, -0.2) is 0 Å². The molecule has 0 aliphatic heterocycles. The van der Waals surface area contributed by atoms with E-state index < -0.39 is 10.2 Å². The molecular weight excluding hydrogens is 506 g/mol. The van der Waals surface area contributed by atoms with E-state index in [4.69, 9.17) is 16.3 Å². The van der Waals surface area contributed by atoms with Crippen molar-refractivity contribution in [2.24, 2.45) is 0 Å². The number of aromatic nitrogens is 3. The molecule has 0 fully saturated rings. The first-order valence-corrected chi connectivity index (χ1v) is 12.0. The van der Waals surface area contributed by atoms with Crippen LogP contribution in [0.5, 0.6) is 5.75 Å². The molecule has 0 aliphatic carbocycles.